The van der Waals surface area contributed by atoms with E-state index in [9.17, 15) is 4.79 Å². The van der Waals surface area contributed by atoms with Gasteiger partial charge in [0.1, 0.15) is 5.75 Å². The first-order valence-corrected chi connectivity index (χ1v) is 6.97. The fourth-order valence-corrected chi connectivity index (χ4v) is 2.33. The van der Waals surface area contributed by atoms with Crippen LogP contribution in [0.5, 0.6) is 5.75 Å². The number of benzene rings is 1. The molecule has 1 fully saturated rings. The second kappa shape index (κ2) is 6.57. The molecule has 1 aliphatic rings. The van der Waals surface area contributed by atoms with Gasteiger partial charge in [-0.05, 0) is 50.9 Å². The van der Waals surface area contributed by atoms with E-state index in [2.05, 4.69) is 10.6 Å². The third-order valence-electron chi connectivity index (χ3n) is 3.43. The molecule has 2 rings (SSSR count). The quantitative estimate of drug-likeness (QED) is 0.853. The zero-order valence-electron chi connectivity index (χ0n) is 11.6. The summed E-state index contributed by atoms with van der Waals surface area (Å²) < 4.78 is 5.41. The van der Waals surface area contributed by atoms with E-state index in [1.165, 1.54) is 0 Å². The standard InChI is InChI=1S/C15H22N2O2/c1-3-19-13-8-6-12(7-9-13)11(2)17-15(18)14-5-4-10-16-14/h6-9,11,14,16H,3-5,10H2,1-2H3,(H,17,18)/t11?,14-/m0/s1. The topological polar surface area (TPSA) is 50.4 Å². The minimum Gasteiger partial charge on any atom is -0.494 e. The van der Waals surface area contributed by atoms with Crippen LogP contribution in [-0.2, 0) is 4.79 Å². The Labute approximate surface area is 114 Å². The van der Waals surface area contributed by atoms with E-state index in [1.807, 2.05) is 38.1 Å². The van der Waals surface area contributed by atoms with Crippen LogP contribution in [0.25, 0.3) is 0 Å². The predicted molar refractivity (Wildman–Crippen MR) is 75.2 cm³/mol. The van der Waals surface area contributed by atoms with Gasteiger partial charge in [-0.3, -0.25) is 4.79 Å². The number of hydrogen-bond acceptors (Lipinski definition) is 3. The van der Waals surface area contributed by atoms with Crippen molar-refractivity contribution >= 4 is 5.91 Å². The lowest BCUT2D eigenvalue weighted by Crippen LogP contribution is -2.41. The zero-order valence-corrected chi connectivity index (χ0v) is 11.6. The number of ether oxygens (including phenoxy) is 1. The Morgan fingerprint density at radius 3 is 2.79 bits per heavy atom. The monoisotopic (exact) mass is 262 g/mol. The lowest BCUT2D eigenvalue weighted by atomic mass is 10.1. The molecular weight excluding hydrogens is 240 g/mol. The maximum Gasteiger partial charge on any atom is 0.237 e. The van der Waals surface area contributed by atoms with E-state index in [0.29, 0.717) is 6.61 Å². The molecule has 0 aliphatic carbocycles. The molecule has 1 heterocycles. The van der Waals surface area contributed by atoms with Crippen LogP contribution < -0.4 is 15.4 Å². The molecule has 0 bridgehead atoms. The molecule has 0 radical (unpaired) electrons. The van der Waals surface area contributed by atoms with Gasteiger partial charge in [0, 0.05) is 0 Å². The Hall–Kier alpha value is -1.55. The van der Waals surface area contributed by atoms with Gasteiger partial charge in [0.15, 0.2) is 0 Å². The third-order valence-corrected chi connectivity index (χ3v) is 3.43. The van der Waals surface area contributed by atoms with Crippen molar-refractivity contribution in [1.29, 1.82) is 0 Å². The van der Waals surface area contributed by atoms with Crippen LogP contribution in [0.4, 0.5) is 0 Å². The van der Waals surface area contributed by atoms with Crippen LogP contribution in [0.2, 0.25) is 0 Å². The summed E-state index contributed by atoms with van der Waals surface area (Å²) in [7, 11) is 0. The molecule has 1 aromatic carbocycles. The summed E-state index contributed by atoms with van der Waals surface area (Å²) in [5.41, 5.74) is 1.09. The molecule has 0 spiro atoms. The molecule has 4 heteroatoms. The van der Waals surface area contributed by atoms with Gasteiger partial charge >= 0.3 is 0 Å². The summed E-state index contributed by atoms with van der Waals surface area (Å²) in [6, 6.07) is 7.87. The van der Waals surface area contributed by atoms with Gasteiger partial charge in [0.2, 0.25) is 5.91 Å². The van der Waals surface area contributed by atoms with E-state index >= 15 is 0 Å². The van der Waals surface area contributed by atoms with Crippen LogP contribution in [0.15, 0.2) is 24.3 Å². The van der Waals surface area contributed by atoms with Crippen LogP contribution in [0.3, 0.4) is 0 Å². The largest absolute Gasteiger partial charge is 0.494 e. The second-order valence-corrected chi connectivity index (χ2v) is 4.88. The molecular formula is C15H22N2O2. The predicted octanol–water partition coefficient (Wildman–Crippen LogP) is 2.01. The molecule has 0 aromatic heterocycles. The van der Waals surface area contributed by atoms with Crippen molar-refractivity contribution in [3.8, 4) is 5.75 Å². The van der Waals surface area contributed by atoms with E-state index in [0.717, 1.165) is 30.7 Å². The van der Waals surface area contributed by atoms with Crippen molar-refractivity contribution in [2.45, 2.75) is 38.8 Å². The van der Waals surface area contributed by atoms with Gasteiger partial charge in [0.05, 0.1) is 18.7 Å². The fraction of sp³-hybridized carbons (Fsp3) is 0.533. The Morgan fingerprint density at radius 2 is 2.21 bits per heavy atom. The van der Waals surface area contributed by atoms with E-state index < -0.39 is 0 Å². The van der Waals surface area contributed by atoms with E-state index in [4.69, 9.17) is 4.74 Å². The summed E-state index contributed by atoms with van der Waals surface area (Å²) >= 11 is 0. The minimum atomic E-state index is -0.0230. The molecule has 1 unspecified atom stereocenters. The molecule has 104 valence electrons. The zero-order chi connectivity index (χ0) is 13.7. The van der Waals surface area contributed by atoms with Crippen LogP contribution in [-0.4, -0.2) is 25.1 Å². The first kappa shape index (κ1) is 13.9. The summed E-state index contributed by atoms with van der Waals surface area (Å²) in [5, 5.41) is 6.25. The Bertz CT molecular complexity index is 411. The maximum atomic E-state index is 12.0. The third kappa shape index (κ3) is 3.70. The van der Waals surface area contributed by atoms with E-state index in [1.54, 1.807) is 0 Å². The minimum absolute atomic E-state index is 0.0191. The highest BCUT2D eigenvalue weighted by Gasteiger charge is 2.23. The van der Waals surface area contributed by atoms with Crippen molar-refractivity contribution in [2.24, 2.45) is 0 Å². The normalized spacial score (nSPS) is 20.0. The van der Waals surface area contributed by atoms with Gasteiger partial charge in [-0.15, -0.1) is 0 Å². The Kier molecular flexibility index (Phi) is 4.80. The van der Waals surface area contributed by atoms with Gasteiger partial charge in [0.25, 0.3) is 0 Å². The molecule has 2 N–H and O–H groups in total. The van der Waals surface area contributed by atoms with Gasteiger partial charge in [-0.2, -0.15) is 0 Å². The number of amides is 1. The van der Waals surface area contributed by atoms with Crippen LogP contribution in [0, 0.1) is 0 Å². The number of nitrogens with one attached hydrogen (secondary N) is 2. The number of rotatable bonds is 5. The summed E-state index contributed by atoms with van der Waals surface area (Å²) in [4.78, 5) is 12.0. The Balaban J connectivity index is 1.91. The van der Waals surface area contributed by atoms with Crippen molar-refractivity contribution < 1.29 is 9.53 Å². The lowest BCUT2D eigenvalue weighted by molar-refractivity contribution is -0.123. The average Bonchev–Trinajstić information content (AvgIpc) is 2.94. The molecule has 1 aromatic rings. The van der Waals surface area contributed by atoms with Gasteiger partial charge in [-0.1, -0.05) is 12.1 Å². The average molecular weight is 262 g/mol. The van der Waals surface area contributed by atoms with Crippen molar-refractivity contribution in [1.82, 2.24) is 10.6 Å². The molecule has 1 amide bonds. The molecule has 0 saturated carbocycles. The SMILES string of the molecule is CCOc1ccc(C(C)NC(=O)[C@@H]2CCCN2)cc1. The summed E-state index contributed by atoms with van der Waals surface area (Å²) in [6.45, 7) is 5.57. The highest BCUT2D eigenvalue weighted by atomic mass is 16.5. The second-order valence-electron chi connectivity index (χ2n) is 4.88. The van der Waals surface area contributed by atoms with Gasteiger partial charge in [-0.25, -0.2) is 0 Å². The molecule has 19 heavy (non-hydrogen) atoms. The molecule has 1 saturated heterocycles. The Morgan fingerprint density at radius 1 is 1.47 bits per heavy atom. The highest BCUT2D eigenvalue weighted by Crippen LogP contribution is 2.18. The van der Waals surface area contributed by atoms with Crippen molar-refractivity contribution in [2.75, 3.05) is 13.2 Å². The molecule has 1 aliphatic heterocycles. The van der Waals surface area contributed by atoms with Crippen LogP contribution >= 0.6 is 0 Å². The number of hydrogen-bond donors (Lipinski definition) is 2. The van der Waals surface area contributed by atoms with Crippen molar-refractivity contribution in [3.63, 3.8) is 0 Å². The summed E-state index contributed by atoms with van der Waals surface area (Å²) in [6.07, 6.45) is 2.01. The van der Waals surface area contributed by atoms with Crippen molar-refractivity contribution in [3.05, 3.63) is 29.8 Å². The smallest absolute Gasteiger partial charge is 0.237 e. The maximum absolute atomic E-state index is 12.0. The first-order chi connectivity index (χ1) is 9.20. The lowest BCUT2D eigenvalue weighted by Gasteiger charge is -2.18. The first-order valence-electron chi connectivity index (χ1n) is 6.97. The van der Waals surface area contributed by atoms with E-state index in [-0.39, 0.29) is 18.0 Å². The molecule has 2 atom stereocenters. The number of carbonyl (C=O) groups is 1. The fourth-order valence-electron chi connectivity index (χ4n) is 2.33. The number of carbonyl (C=O) groups excluding carboxylic acids is 1. The highest BCUT2D eigenvalue weighted by molar-refractivity contribution is 5.82. The molecule has 4 nitrogen and oxygen atoms in total. The summed E-state index contributed by atoms with van der Waals surface area (Å²) in [5.74, 6) is 0.959. The van der Waals surface area contributed by atoms with Gasteiger partial charge < -0.3 is 15.4 Å². The van der Waals surface area contributed by atoms with Crippen LogP contribution in [0.1, 0.15) is 38.3 Å².